The van der Waals surface area contributed by atoms with Gasteiger partial charge < -0.3 is 24.6 Å². The van der Waals surface area contributed by atoms with Crippen LogP contribution >= 0.6 is 0 Å². The van der Waals surface area contributed by atoms with Gasteiger partial charge in [-0.25, -0.2) is 9.59 Å². The molecule has 1 aliphatic carbocycles. The lowest BCUT2D eigenvalue weighted by molar-refractivity contribution is -0.142. The van der Waals surface area contributed by atoms with Crippen molar-refractivity contribution in [3.05, 3.63) is 75.3 Å². The molecule has 34 heavy (non-hydrogen) atoms. The van der Waals surface area contributed by atoms with E-state index in [0.717, 1.165) is 52.2 Å². The quantitative estimate of drug-likeness (QED) is 0.364. The van der Waals surface area contributed by atoms with Crippen LogP contribution in [-0.2, 0) is 28.9 Å². The predicted octanol–water partition coefficient (Wildman–Crippen LogP) is 3.26. The second-order valence-corrected chi connectivity index (χ2v) is 8.58. The number of amides is 1. The summed E-state index contributed by atoms with van der Waals surface area (Å²) < 4.78 is 11.2. The number of hydrogen-bond acceptors (Lipinski definition) is 5. The van der Waals surface area contributed by atoms with E-state index < -0.39 is 17.9 Å². The Labute approximate surface area is 194 Å². The van der Waals surface area contributed by atoms with Crippen LogP contribution in [-0.4, -0.2) is 34.6 Å². The SMILES string of the molecule is Cc1c(OCC(=O)NC(Cc2c[nH]c3ccccc23)C(=O)O)ccc2c3c(c(=O)oc12)CCC3. The summed E-state index contributed by atoms with van der Waals surface area (Å²) in [5.41, 5.74) is 4.25. The number of rotatable bonds is 7. The summed E-state index contributed by atoms with van der Waals surface area (Å²) in [6.45, 7) is 1.41. The number of carbonyl (C=O) groups is 2. The Hall–Kier alpha value is -4.07. The third-order valence-electron chi connectivity index (χ3n) is 6.43. The number of ether oxygens (including phenoxy) is 1. The van der Waals surface area contributed by atoms with E-state index in [1.807, 2.05) is 30.3 Å². The number of para-hydroxylation sites is 1. The van der Waals surface area contributed by atoms with E-state index in [-0.39, 0.29) is 18.7 Å². The lowest BCUT2D eigenvalue weighted by Gasteiger charge is -2.16. The maximum atomic E-state index is 12.5. The van der Waals surface area contributed by atoms with Gasteiger partial charge in [-0.15, -0.1) is 0 Å². The third kappa shape index (κ3) is 3.91. The van der Waals surface area contributed by atoms with E-state index in [1.165, 1.54) is 0 Å². The summed E-state index contributed by atoms with van der Waals surface area (Å²) in [4.78, 5) is 39.7. The van der Waals surface area contributed by atoms with Crippen molar-refractivity contribution >= 4 is 33.7 Å². The average molecular weight is 460 g/mol. The van der Waals surface area contributed by atoms with Crippen molar-refractivity contribution in [3.63, 3.8) is 0 Å². The van der Waals surface area contributed by atoms with Crippen LogP contribution in [0.15, 0.2) is 51.8 Å². The molecule has 0 aliphatic heterocycles. The minimum absolute atomic E-state index is 0.135. The molecular formula is C26H24N2O6. The normalized spacial score (nSPS) is 13.7. The van der Waals surface area contributed by atoms with E-state index >= 15 is 0 Å². The lowest BCUT2D eigenvalue weighted by Crippen LogP contribution is -2.44. The van der Waals surface area contributed by atoms with Crippen molar-refractivity contribution in [1.82, 2.24) is 10.3 Å². The molecule has 0 bridgehead atoms. The Morgan fingerprint density at radius 2 is 1.94 bits per heavy atom. The number of aryl methyl sites for hydroxylation is 2. The molecule has 4 aromatic rings. The molecule has 2 aromatic carbocycles. The molecule has 5 rings (SSSR count). The summed E-state index contributed by atoms with van der Waals surface area (Å²) >= 11 is 0. The van der Waals surface area contributed by atoms with Crippen molar-refractivity contribution in [1.29, 1.82) is 0 Å². The second kappa shape index (κ2) is 8.70. The Morgan fingerprint density at radius 3 is 2.76 bits per heavy atom. The molecule has 0 fully saturated rings. The zero-order valence-electron chi connectivity index (χ0n) is 18.6. The highest BCUT2D eigenvalue weighted by Gasteiger charge is 2.24. The fourth-order valence-corrected chi connectivity index (χ4v) is 4.72. The van der Waals surface area contributed by atoms with Crippen LogP contribution in [0.5, 0.6) is 5.75 Å². The molecule has 1 amide bonds. The smallest absolute Gasteiger partial charge is 0.339 e. The van der Waals surface area contributed by atoms with Crippen LogP contribution in [0, 0.1) is 6.92 Å². The van der Waals surface area contributed by atoms with Gasteiger partial charge in [0.15, 0.2) is 6.61 Å². The number of aromatic nitrogens is 1. The third-order valence-corrected chi connectivity index (χ3v) is 6.43. The number of benzene rings is 2. The van der Waals surface area contributed by atoms with E-state index in [2.05, 4.69) is 10.3 Å². The van der Waals surface area contributed by atoms with Gasteiger partial charge in [0.25, 0.3) is 5.91 Å². The Balaban J connectivity index is 1.29. The molecule has 3 N–H and O–H groups in total. The Bertz CT molecular complexity index is 1480. The fourth-order valence-electron chi connectivity index (χ4n) is 4.72. The van der Waals surface area contributed by atoms with Crippen molar-refractivity contribution in [2.24, 2.45) is 0 Å². The largest absolute Gasteiger partial charge is 0.483 e. The summed E-state index contributed by atoms with van der Waals surface area (Å²) in [5.74, 6) is -1.27. The van der Waals surface area contributed by atoms with Gasteiger partial charge in [0, 0.05) is 40.0 Å². The highest BCUT2D eigenvalue weighted by molar-refractivity contribution is 5.88. The summed E-state index contributed by atoms with van der Waals surface area (Å²) in [6, 6.07) is 10.1. The van der Waals surface area contributed by atoms with Gasteiger partial charge in [-0.3, -0.25) is 4.79 Å². The number of H-pyrrole nitrogens is 1. The predicted molar refractivity (Wildman–Crippen MR) is 126 cm³/mol. The number of aliphatic carboxylic acids is 1. The molecule has 2 heterocycles. The monoisotopic (exact) mass is 460 g/mol. The highest BCUT2D eigenvalue weighted by atomic mass is 16.5. The molecule has 8 heteroatoms. The highest BCUT2D eigenvalue weighted by Crippen LogP contribution is 2.33. The molecule has 0 spiro atoms. The van der Waals surface area contributed by atoms with Crippen molar-refractivity contribution in [2.75, 3.05) is 6.61 Å². The van der Waals surface area contributed by atoms with Gasteiger partial charge in [-0.1, -0.05) is 18.2 Å². The van der Waals surface area contributed by atoms with Crippen LogP contribution in [0.3, 0.4) is 0 Å². The summed E-state index contributed by atoms with van der Waals surface area (Å²) in [6.07, 6.45) is 4.39. The van der Waals surface area contributed by atoms with Crippen LogP contribution in [0.4, 0.5) is 0 Å². The van der Waals surface area contributed by atoms with Gasteiger partial charge >= 0.3 is 11.6 Å². The van der Waals surface area contributed by atoms with E-state index in [0.29, 0.717) is 16.9 Å². The first-order valence-corrected chi connectivity index (χ1v) is 11.2. The topological polar surface area (TPSA) is 122 Å². The molecule has 174 valence electrons. The molecule has 1 atom stereocenters. The van der Waals surface area contributed by atoms with Crippen LogP contribution in [0.25, 0.3) is 21.9 Å². The molecule has 1 unspecified atom stereocenters. The zero-order valence-corrected chi connectivity index (χ0v) is 18.6. The first kappa shape index (κ1) is 21.8. The number of nitrogens with one attached hydrogen (secondary N) is 2. The minimum atomic E-state index is -1.13. The van der Waals surface area contributed by atoms with E-state index in [9.17, 15) is 19.5 Å². The molecule has 0 radical (unpaired) electrons. The fraction of sp³-hybridized carbons (Fsp3) is 0.269. The summed E-state index contributed by atoms with van der Waals surface area (Å²) in [7, 11) is 0. The maximum Gasteiger partial charge on any atom is 0.339 e. The zero-order chi connectivity index (χ0) is 23.8. The van der Waals surface area contributed by atoms with Crippen LogP contribution in [0.1, 0.15) is 28.7 Å². The molecule has 8 nitrogen and oxygen atoms in total. The number of fused-ring (bicyclic) bond motifs is 4. The van der Waals surface area contributed by atoms with Gasteiger partial charge in [0.2, 0.25) is 0 Å². The Kier molecular flexibility index (Phi) is 5.57. The standard InChI is InChI=1S/C26H24N2O6/c1-14-22(10-9-18-17-6-4-7-19(17)26(32)34-24(14)18)33-13-23(29)28-21(25(30)31)11-15-12-27-20-8-3-2-5-16(15)20/h2-3,5,8-10,12,21,27H,4,6-7,11,13H2,1H3,(H,28,29)(H,30,31). The van der Waals surface area contributed by atoms with Gasteiger partial charge in [0.1, 0.15) is 17.4 Å². The average Bonchev–Trinajstić information content (AvgIpc) is 3.47. The maximum absolute atomic E-state index is 12.5. The number of hydrogen-bond donors (Lipinski definition) is 3. The second-order valence-electron chi connectivity index (χ2n) is 8.58. The van der Waals surface area contributed by atoms with E-state index in [1.54, 1.807) is 19.2 Å². The molecule has 0 saturated heterocycles. The molecule has 1 aliphatic rings. The lowest BCUT2D eigenvalue weighted by atomic mass is 10.0. The van der Waals surface area contributed by atoms with Crippen molar-refractivity contribution in [3.8, 4) is 5.75 Å². The van der Waals surface area contributed by atoms with E-state index in [4.69, 9.17) is 9.15 Å². The first-order chi connectivity index (χ1) is 16.4. The minimum Gasteiger partial charge on any atom is -0.483 e. The molecule has 0 saturated carbocycles. The van der Waals surface area contributed by atoms with Gasteiger partial charge in [-0.05, 0) is 55.5 Å². The van der Waals surface area contributed by atoms with Crippen LogP contribution in [0.2, 0.25) is 0 Å². The van der Waals surface area contributed by atoms with Gasteiger partial charge in [-0.2, -0.15) is 0 Å². The number of carboxylic acids is 1. The van der Waals surface area contributed by atoms with Gasteiger partial charge in [0.05, 0.1) is 0 Å². The molecule has 2 aromatic heterocycles. The number of carboxylic acid groups (broad SMARTS) is 1. The van der Waals surface area contributed by atoms with Crippen molar-refractivity contribution < 1.29 is 23.8 Å². The first-order valence-electron chi connectivity index (χ1n) is 11.2. The summed E-state index contributed by atoms with van der Waals surface area (Å²) in [5, 5.41) is 14.0. The van der Waals surface area contributed by atoms with Crippen LogP contribution < -0.4 is 15.7 Å². The number of aromatic amines is 1. The molecular weight excluding hydrogens is 436 g/mol. The number of carbonyl (C=O) groups excluding carboxylic acids is 1. The Morgan fingerprint density at radius 1 is 1.15 bits per heavy atom. The van der Waals surface area contributed by atoms with Crippen molar-refractivity contribution in [2.45, 2.75) is 38.6 Å².